The van der Waals surface area contributed by atoms with Crippen molar-refractivity contribution in [1.29, 1.82) is 0 Å². The van der Waals surface area contributed by atoms with Crippen LogP contribution in [0.3, 0.4) is 0 Å². The standard InChI is InChI=1S/C14H15N3O/c1-2-15-13-9-16-12(8-17-13)11-5-3-4-10-6-7-18-14(10)11/h3-5,8-9H,2,6-7H2,1H3,(H,15,17). The van der Waals surface area contributed by atoms with E-state index in [9.17, 15) is 0 Å². The van der Waals surface area contributed by atoms with Crippen LogP contribution in [0.2, 0.25) is 0 Å². The number of fused-ring (bicyclic) bond motifs is 1. The van der Waals surface area contributed by atoms with Crippen LogP contribution in [-0.2, 0) is 6.42 Å². The Kier molecular flexibility index (Phi) is 2.84. The second-order valence-electron chi connectivity index (χ2n) is 4.21. The lowest BCUT2D eigenvalue weighted by Gasteiger charge is -2.08. The van der Waals surface area contributed by atoms with Crippen LogP contribution < -0.4 is 10.1 Å². The molecule has 4 heteroatoms. The summed E-state index contributed by atoms with van der Waals surface area (Å²) in [5, 5.41) is 3.13. The maximum atomic E-state index is 5.68. The molecule has 1 N–H and O–H groups in total. The highest BCUT2D eigenvalue weighted by molar-refractivity contribution is 5.69. The highest BCUT2D eigenvalue weighted by Gasteiger charge is 2.17. The number of anilines is 1. The number of benzene rings is 1. The van der Waals surface area contributed by atoms with E-state index < -0.39 is 0 Å². The lowest BCUT2D eigenvalue weighted by atomic mass is 10.1. The minimum atomic E-state index is 0.759. The molecule has 4 nitrogen and oxygen atoms in total. The fraction of sp³-hybridized carbons (Fsp3) is 0.286. The Morgan fingerprint density at radius 3 is 3.00 bits per heavy atom. The lowest BCUT2D eigenvalue weighted by molar-refractivity contribution is 0.358. The molecule has 0 atom stereocenters. The molecular weight excluding hydrogens is 226 g/mol. The van der Waals surface area contributed by atoms with Gasteiger partial charge in [-0.15, -0.1) is 0 Å². The van der Waals surface area contributed by atoms with E-state index in [0.717, 1.165) is 42.4 Å². The van der Waals surface area contributed by atoms with Gasteiger partial charge in [-0.25, -0.2) is 4.98 Å². The van der Waals surface area contributed by atoms with Gasteiger partial charge >= 0.3 is 0 Å². The van der Waals surface area contributed by atoms with Gasteiger partial charge in [0.15, 0.2) is 0 Å². The topological polar surface area (TPSA) is 47.0 Å². The van der Waals surface area contributed by atoms with Crippen molar-refractivity contribution in [2.24, 2.45) is 0 Å². The molecule has 0 bridgehead atoms. The number of hydrogen-bond donors (Lipinski definition) is 1. The zero-order valence-corrected chi connectivity index (χ0v) is 10.3. The molecular formula is C14H15N3O. The minimum absolute atomic E-state index is 0.759. The first kappa shape index (κ1) is 11.0. The van der Waals surface area contributed by atoms with Crippen molar-refractivity contribution in [2.45, 2.75) is 13.3 Å². The van der Waals surface area contributed by atoms with Crippen molar-refractivity contribution >= 4 is 5.82 Å². The van der Waals surface area contributed by atoms with Crippen LogP contribution in [0.5, 0.6) is 5.75 Å². The first-order valence-corrected chi connectivity index (χ1v) is 6.19. The number of rotatable bonds is 3. The molecule has 18 heavy (non-hydrogen) atoms. The number of aromatic nitrogens is 2. The second kappa shape index (κ2) is 4.64. The summed E-state index contributed by atoms with van der Waals surface area (Å²) < 4.78 is 5.68. The van der Waals surface area contributed by atoms with E-state index in [4.69, 9.17) is 4.74 Å². The Bertz CT molecular complexity index is 551. The first-order valence-electron chi connectivity index (χ1n) is 6.19. The largest absolute Gasteiger partial charge is 0.492 e. The monoisotopic (exact) mass is 241 g/mol. The molecule has 0 saturated carbocycles. The van der Waals surface area contributed by atoms with Crippen LogP contribution in [0.1, 0.15) is 12.5 Å². The summed E-state index contributed by atoms with van der Waals surface area (Å²) in [6.45, 7) is 3.64. The second-order valence-corrected chi connectivity index (χ2v) is 4.21. The lowest BCUT2D eigenvalue weighted by Crippen LogP contribution is -2.00. The molecule has 1 aromatic heterocycles. The average Bonchev–Trinajstić information content (AvgIpc) is 2.88. The van der Waals surface area contributed by atoms with E-state index in [-0.39, 0.29) is 0 Å². The molecule has 0 fully saturated rings. The van der Waals surface area contributed by atoms with Gasteiger partial charge in [0.25, 0.3) is 0 Å². The summed E-state index contributed by atoms with van der Waals surface area (Å²) in [6.07, 6.45) is 4.52. The van der Waals surface area contributed by atoms with Crippen molar-refractivity contribution in [3.63, 3.8) is 0 Å². The number of nitrogens with zero attached hydrogens (tertiary/aromatic N) is 2. The average molecular weight is 241 g/mol. The Morgan fingerprint density at radius 2 is 2.22 bits per heavy atom. The third-order valence-electron chi connectivity index (χ3n) is 3.00. The predicted octanol–water partition coefficient (Wildman–Crippen LogP) is 2.51. The van der Waals surface area contributed by atoms with Crippen LogP contribution in [0.4, 0.5) is 5.82 Å². The molecule has 3 rings (SSSR count). The van der Waals surface area contributed by atoms with E-state index in [0.29, 0.717) is 0 Å². The van der Waals surface area contributed by atoms with Crippen molar-refractivity contribution < 1.29 is 4.74 Å². The SMILES string of the molecule is CCNc1cnc(-c2cccc3c2OCC3)cn1. The summed E-state index contributed by atoms with van der Waals surface area (Å²) in [4.78, 5) is 8.78. The van der Waals surface area contributed by atoms with Crippen molar-refractivity contribution in [1.82, 2.24) is 9.97 Å². The Labute approximate surface area is 106 Å². The van der Waals surface area contributed by atoms with E-state index in [1.54, 1.807) is 12.4 Å². The number of hydrogen-bond acceptors (Lipinski definition) is 4. The predicted molar refractivity (Wildman–Crippen MR) is 70.8 cm³/mol. The van der Waals surface area contributed by atoms with Gasteiger partial charge in [0.2, 0.25) is 0 Å². The quantitative estimate of drug-likeness (QED) is 0.897. The normalized spacial score (nSPS) is 12.9. The third kappa shape index (κ3) is 1.90. The summed E-state index contributed by atoms with van der Waals surface area (Å²) in [6, 6.07) is 6.18. The molecule has 0 radical (unpaired) electrons. The van der Waals surface area contributed by atoms with Gasteiger partial charge in [-0.2, -0.15) is 0 Å². The van der Waals surface area contributed by atoms with Crippen LogP contribution in [0.25, 0.3) is 11.3 Å². The zero-order valence-electron chi connectivity index (χ0n) is 10.3. The molecule has 1 aliphatic rings. The maximum absolute atomic E-state index is 5.68. The Hall–Kier alpha value is -2.10. The number of ether oxygens (including phenoxy) is 1. The fourth-order valence-electron chi connectivity index (χ4n) is 2.16. The highest BCUT2D eigenvalue weighted by Crippen LogP contribution is 2.35. The molecule has 0 aliphatic carbocycles. The fourth-order valence-corrected chi connectivity index (χ4v) is 2.16. The third-order valence-corrected chi connectivity index (χ3v) is 3.00. The number of nitrogens with one attached hydrogen (secondary N) is 1. The van der Waals surface area contributed by atoms with Crippen LogP contribution in [-0.4, -0.2) is 23.1 Å². The van der Waals surface area contributed by atoms with Crippen LogP contribution in [0, 0.1) is 0 Å². The Morgan fingerprint density at radius 1 is 1.28 bits per heavy atom. The maximum Gasteiger partial charge on any atom is 0.144 e. The van der Waals surface area contributed by atoms with Gasteiger partial charge in [-0.1, -0.05) is 12.1 Å². The van der Waals surface area contributed by atoms with Gasteiger partial charge in [0.05, 0.1) is 24.7 Å². The molecule has 92 valence electrons. The van der Waals surface area contributed by atoms with Gasteiger partial charge in [0, 0.05) is 18.5 Å². The van der Waals surface area contributed by atoms with Crippen molar-refractivity contribution in [3.8, 4) is 17.0 Å². The van der Waals surface area contributed by atoms with E-state index in [1.165, 1.54) is 5.56 Å². The van der Waals surface area contributed by atoms with Gasteiger partial charge < -0.3 is 10.1 Å². The van der Waals surface area contributed by atoms with Crippen molar-refractivity contribution in [2.75, 3.05) is 18.5 Å². The molecule has 2 heterocycles. The zero-order chi connectivity index (χ0) is 12.4. The highest BCUT2D eigenvalue weighted by atomic mass is 16.5. The first-order chi connectivity index (χ1) is 8.88. The van der Waals surface area contributed by atoms with E-state index in [2.05, 4.69) is 21.4 Å². The Balaban J connectivity index is 1.97. The molecule has 0 amide bonds. The summed E-state index contributed by atoms with van der Waals surface area (Å²) in [5.74, 6) is 1.76. The summed E-state index contributed by atoms with van der Waals surface area (Å²) in [5.41, 5.74) is 3.14. The van der Waals surface area contributed by atoms with E-state index in [1.807, 2.05) is 19.1 Å². The molecule has 0 saturated heterocycles. The minimum Gasteiger partial charge on any atom is -0.492 e. The van der Waals surface area contributed by atoms with Gasteiger partial charge in [-0.3, -0.25) is 4.98 Å². The molecule has 0 spiro atoms. The molecule has 1 aromatic carbocycles. The van der Waals surface area contributed by atoms with E-state index >= 15 is 0 Å². The van der Waals surface area contributed by atoms with Gasteiger partial charge in [-0.05, 0) is 18.6 Å². The van der Waals surface area contributed by atoms with Gasteiger partial charge in [0.1, 0.15) is 11.6 Å². The van der Waals surface area contributed by atoms with Crippen LogP contribution >= 0.6 is 0 Å². The van der Waals surface area contributed by atoms with Crippen molar-refractivity contribution in [3.05, 3.63) is 36.2 Å². The number of para-hydroxylation sites is 1. The molecule has 0 unspecified atom stereocenters. The smallest absolute Gasteiger partial charge is 0.144 e. The molecule has 1 aliphatic heterocycles. The van der Waals surface area contributed by atoms with Crippen LogP contribution in [0.15, 0.2) is 30.6 Å². The summed E-state index contributed by atoms with van der Waals surface area (Å²) >= 11 is 0. The molecule has 2 aromatic rings. The summed E-state index contributed by atoms with van der Waals surface area (Å²) in [7, 11) is 0.